The van der Waals surface area contributed by atoms with Crippen molar-refractivity contribution in [2.24, 2.45) is 0 Å². The summed E-state index contributed by atoms with van der Waals surface area (Å²) < 4.78 is 337. The van der Waals surface area contributed by atoms with Crippen LogP contribution in [-0.2, 0) is 12.4 Å². The molecule has 0 aromatic heterocycles. The topological polar surface area (TPSA) is 18.5 Å². The van der Waals surface area contributed by atoms with Crippen LogP contribution in [0.3, 0.4) is 0 Å². The van der Waals surface area contributed by atoms with Crippen molar-refractivity contribution in [3.63, 3.8) is 0 Å². The average molecular weight is 879 g/mol. The van der Waals surface area contributed by atoms with Crippen LogP contribution in [0.1, 0.15) is 11.1 Å². The van der Waals surface area contributed by atoms with Crippen LogP contribution in [0.4, 0.5) is 104 Å². The first-order chi connectivity index (χ1) is 24.0. The van der Waals surface area contributed by atoms with E-state index in [1.54, 1.807) is 0 Å². The summed E-state index contributed by atoms with van der Waals surface area (Å²) in [7, 11) is 0. The van der Waals surface area contributed by atoms with Crippen molar-refractivity contribution in [1.82, 2.24) is 0 Å². The summed E-state index contributed by atoms with van der Waals surface area (Å²) in [5.41, 5.74) is -6.65. The summed E-state index contributed by atoms with van der Waals surface area (Å²) >= 11 is -8.73. The van der Waals surface area contributed by atoms with Gasteiger partial charge in [-0.15, -0.1) is 0 Å². The van der Waals surface area contributed by atoms with Crippen LogP contribution >= 0.6 is 0 Å². The fourth-order valence-corrected chi connectivity index (χ4v) is 7.09. The van der Waals surface area contributed by atoms with Gasteiger partial charge in [-0.3, -0.25) is 0 Å². The fourth-order valence-electron chi connectivity index (χ4n) is 4.02. The molecule has 0 N–H and O–H groups in total. The molecule has 4 aromatic carbocycles. The molecule has 4 aromatic rings. The van der Waals surface area contributed by atoms with Crippen LogP contribution in [0.5, 0.6) is 23.0 Å². The summed E-state index contributed by atoms with van der Waals surface area (Å²) in [5.74, 6) is -67.2. The van der Waals surface area contributed by atoms with E-state index < -0.39 is 162 Å². The van der Waals surface area contributed by atoms with Gasteiger partial charge in [0, 0.05) is 0 Å². The molecule has 4 rings (SSSR count). The van der Waals surface area contributed by atoms with E-state index in [0.29, 0.717) is 0 Å². The van der Waals surface area contributed by atoms with Gasteiger partial charge in [0.15, 0.2) is 0 Å². The van der Waals surface area contributed by atoms with Gasteiger partial charge in [0.25, 0.3) is 0 Å². The van der Waals surface area contributed by atoms with Crippen molar-refractivity contribution in [2.75, 3.05) is 0 Å². The fraction of sp³-hybridized carbons (Fsp3) is 0.0769. The molecule has 0 fully saturated rings. The van der Waals surface area contributed by atoms with E-state index in [1.807, 2.05) is 0 Å². The van der Waals surface area contributed by atoms with Crippen LogP contribution in [0.25, 0.3) is 0 Å². The molecule has 0 atom stereocenters. The molecule has 27 heteroatoms. The zero-order valence-electron chi connectivity index (χ0n) is 23.3. The monoisotopic (exact) mass is 880 g/mol. The number of ether oxygens (including phenoxy) is 2. The summed E-state index contributed by atoms with van der Waals surface area (Å²) in [6.45, 7) is 0. The van der Waals surface area contributed by atoms with Crippen LogP contribution in [-0.4, -0.2) is 13.8 Å². The molecule has 2 nitrogen and oxygen atoms in total. The first-order valence-corrected chi connectivity index (χ1v) is 15.2. The van der Waals surface area contributed by atoms with Gasteiger partial charge in [0.1, 0.15) is 0 Å². The molecule has 0 spiro atoms. The van der Waals surface area contributed by atoms with Gasteiger partial charge in [-0.05, 0) is 0 Å². The van der Waals surface area contributed by atoms with Gasteiger partial charge < -0.3 is 0 Å². The Balaban J connectivity index is 1.90. The number of halogens is 24. The van der Waals surface area contributed by atoms with Crippen LogP contribution in [0.15, 0.2) is 0 Å². The molecule has 0 aliphatic heterocycles. The third kappa shape index (κ3) is 6.39. The van der Waals surface area contributed by atoms with Crippen LogP contribution < -0.4 is 18.4 Å². The first-order valence-electron chi connectivity index (χ1n) is 12.2. The van der Waals surface area contributed by atoms with Crippen molar-refractivity contribution < 1.29 is 113 Å². The molecule has 0 saturated heterocycles. The molecule has 290 valence electrons. The van der Waals surface area contributed by atoms with Crippen molar-refractivity contribution in [3.05, 3.63) is 104 Å². The van der Waals surface area contributed by atoms with Crippen LogP contribution in [0.2, 0.25) is 0 Å². The maximum atomic E-state index is 15.3. The molecule has 0 bridgehead atoms. The van der Waals surface area contributed by atoms with Crippen molar-refractivity contribution in [2.45, 2.75) is 12.4 Å². The zero-order valence-corrected chi connectivity index (χ0v) is 25.0. The maximum absolute atomic E-state index is 15.3. The number of benzene rings is 4. The molecular weight excluding hydrogens is 879 g/mol. The molecule has 0 unspecified atom stereocenters. The average Bonchev–Trinajstić information content (AvgIpc) is 3.03. The SMILES string of the molecule is Fc1c(F)c(C(F)(F)F)c(F)c(F)c1Oc1c(F)c(F)c([Se](F)(F)c2c(F)c(F)c(Oc3c(F)c(F)c(C(F)(F)F)c(F)c3F)c(F)c2F)c(F)c1F. The molecule has 0 aliphatic carbocycles. The van der Waals surface area contributed by atoms with Gasteiger partial charge in [0.2, 0.25) is 0 Å². The Hall–Kier alpha value is -4.68. The van der Waals surface area contributed by atoms with Crippen molar-refractivity contribution in [1.29, 1.82) is 0 Å². The summed E-state index contributed by atoms with van der Waals surface area (Å²) in [5, 5.41) is 0. The zero-order chi connectivity index (χ0) is 40.8. The number of rotatable bonds is 6. The van der Waals surface area contributed by atoms with Crippen molar-refractivity contribution in [3.8, 4) is 23.0 Å². The third-order valence-corrected chi connectivity index (χ3v) is 9.96. The van der Waals surface area contributed by atoms with Gasteiger partial charge >= 0.3 is 275 Å². The second-order valence-electron chi connectivity index (χ2n) is 9.42. The second-order valence-corrected chi connectivity index (χ2v) is 13.1. The Morgan fingerprint density at radius 3 is 0.623 bits per heavy atom. The Morgan fingerprint density at radius 2 is 0.453 bits per heavy atom. The van der Waals surface area contributed by atoms with E-state index in [9.17, 15) is 96.6 Å². The van der Waals surface area contributed by atoms with Crippen LogP contribution in [0, 0.1) is 93.1 Å². The van der Waals surface area contributed by atoms with E-state index in [2.05, 4.69) is 9.47 Å². The standard InChI is InChI=1S/C26F24O2Se/c27-3-1(25(43,44)45)4(28)8(32)19(7(3)31)51-21-11(35)15(39)23(16(40)12(21)36)53(49,50)24-17(41)13(37)22(14(38)18(24)42)52-20-9(33)5(29)2(26(46,47)48)6(30)10(20)34. The summed E-state index contributed by atoms with van der Waals surface area (Å²) in [6.07, 6.45) is -12.4. The van der Waals surface area contributed by atoms with E-state index in [4.69, 9.17) is 0 Å². The molecule has 0 saturated carbocycles. The predicted molar refractivity (Wildman–Crippen MR) is 122 cm³/mol. The van der Waals surface area contributed by atoms with E-state index in [-0.39, 0.29) is 0 Å². The van der Waals surface area contributed by atoms with Gasteiger partial charge in [0.05, 0.1) is 0 Å². The van der Waals surface area contributed by atoms with Gasteiger partial charge in [-0.25, -0.2) is 0 Å². The molecular formula is C26F24O2Se. The Labute approximate surface area is 275 Å². The van der Waals surface area contributed by atoms with Gasteiger partial charge in [-0.2, -0.15) is 0 Å². The Kier molecular flexibility index (Phi) is 10.3. The number of hydrogen-bond acceptors (Lipinski definition) is 2. The van der Waals surface area contributed by atoms with E-state index in [1.165, 1.54) is 0 Å². The minimum atomic E-state index is -8.73. The number of alkyl halides is 6. The van der Waals surface area contributed by atoms with Crippen molar-refractivity contribution >= 4 is 22.7 Å². The summed E-state index contributed by atoms with van der Waals surface area (Å²) in [4.78, 5) is 0. The molecule has 0 radical (unpaired) electrons. The molecule has 0 heterocycles. The first kappa shape index (κ1) is 41.1. The molecule has 0 amide bonds. The summed E-state index contributed by atoms with van der Waals surface area (Å²) in [6, 6.07) is 0. The Bertz CT molecular complexity index is 1940. The van der Waals surface area contributed by atoms with Gasteiger partial charge in [-0.1, -0.05) is 0 Å². The molecule has 53 heavy (non-hydrogen) atoms. The van der Waals surface area contributed by atoms with E-state index in [0.717, 1.165) is 0 Å². The minimum absolute atomic E-state index is 2.94. The normalized spacial score (nSPS) is 12.8. The Morgan fingerprint density at radius 1 is 0.283 bits per heavy atom. The second kappa shape index (κ2) is 13.3. The quantitative estimate of drug-likeness (QED) is 0.109. The third-order valence-electron chi connectivity index (χ3n) is 6.30. The number of hydrogen-bond donors (Lipinski definition) is 0. The van der Waals surface area contributed by atoms with E-state index >= 15 is 7.10 Å². The predicted octanol–water partition coefficient (Wildman–Crippen LogP) is 10.0. The molecule has 0 aliphatic rings.